The number of hydrogen-bond donors (Lipinski definition) is 1. The summed E-state index contributed by atoms with van der Waals surface area (Å²) in [6.07, 6.45) is 0.778. The third-order valence-corrected chi connectivity index (χ3v) is 3.88. The lowest BCUT2D eigenvalue weighted by Gasteiger charge is -2.40. The van der Waals surface area contributed by atoms with Crippen LogP contribution in [-0.2, 0) is 6.54 Å². The summed E-state index contributed by atoms with van der Waals surface area (Å²) in [6.45, 7) is 6.36. The summed E-state index contributed by atoms with van der Waals surface area (Å²) in [6, 6.07) is 11.0. The maximum absolute atomic E-state index is 9.81. The quantitative estimate of drug-likeness (QED) is 0.825. The number of benzene rings is 1. The Morgan fingerprint density at radius 2 is 1.94 bits per heavy atom. The number of piperidine rings is 1. The van der Waals surface area contributed by atoms with E-state index in [0.29, 0.717) is 12.0 Å². The molecule has 0 bridgehead atoms. The van der Waals surface area contributed by atoms with Gasteiger partial charge < -0.3 is 5.11 Å². The summed E-state index contributed by atoms with van der Waals surface area (Å²) in [5.41, 5.74) is 1.36. The molecule has 0 radical (unpaired) electrons. The molecule has 0 aromatic heterocycles. The van der Waals surface area contributed by atoms with Gasteiger partial charge in [-0.25, -0.2) is 0 Å². The predicted octanol–water partition coefficient (Wildman–Crippen LogP) is 2.28. The van der Waals surface area contributed by atoms with Gasteiger partial charge in [-0.05, 0) is 24.8 Å². The Bertz CT molecular complexity index is 325. The van der Waals surface area contributed by atoms with Crippen molar-refractivity contribution >= 4 is 0 Å². The minimum Gasteiger partial charge on any atom is -0.393 e. The Morgan fingerprint density at radius 1 is 1.25 bits per heavy atom. The maximum Gasteiger partial charge on any atom is 0.0592 e. The van der Waals surface area contributed by atoms with E-state index in [2.05, 4.69) is 49.1 Å². The fraction of sp³-hybridized carbons (Fsp3) is 0.571. The molecule has 16 heavy (non-hydrogen) atoms. The van der Waals surface area contributed by atoms with E-state index in [-0.39, 0.29) is 6.10 Å². The summed E-state index contributed by atoms with van der Waals surface area (Å²) in [5, 5.41) is 9.81. The van der Waals surface area contributed by atoms with Gasteiger partial charge in [-0.1, -0.05) is 37.3 Å². The van der Waals surface area contributed by atoms with Gasteiger partial charge in [0, 0.05) is 19.1 Å². The zero-order chi connectivity index (χ0) is 11.5. The highest BCUT2D eigenvalue weighted by Gasteiger charge is 2.30. The molecule has 3 atom stereocenters. The number of likely N-dealkylation sites (tertiary alicyclic amines) is 1. The van der Waals surface area contributed by atoms with Crippen LogP contribution in [0.15, 0.2) is 30.3 Å². The van der Waals surface area contributed by atoms with Crippen LogP contribution >= 0.6 is 0 Å². The molecule has 0 saturated carbocycles. The number of aliphatic hydroxyl groups is 1. The molecule has 2 heteroatoms. The van der Waals surface area contributed by atoms with Crippen LogP contribution in [0.2, 0.25) is 0 Å². The van der Waals surface area contributed by atoms with Crippen LogP contribution in [0.4, 0.5) is 0 Å². The summed E-state index contributed by atoms with van der Waals surface area (Å²) in [7, 11) is 0. The number of nitrogens with zero attached hydrogens (tertiary/aromatic N) is 1. The van der Waals surface area contributed by atoms with E-state index in [1.165, 1.54) is 5.56 Å². The first-order valence-corrected chi connectivity index (χ1v) is 6.14. The minimum absolute atomic E-state index is 0.123. The van der Waals surface area contributed by atoms with E-state index in [9.17, 15) is 5.11 Å². The van der Waals surface area contributed by atoms with Gasteiger partial charge in [0.1, 0.15) is 0 Å². The highest BCUT2D eigenvalue weighted by Crippen LogP contribution is 2.24. The maximum atomic E-state index is 9.81. The lowest BCUT2D eigenvalue weighted by Crippen LogP contribution is -2.48. The second-order valence-corrected chi connectivity index (χ2v) is 4.91. The van der Waals surface area contributed by atoms with Gasteiger partial charge in [-0.3, -0.25) is 4.90 Å². The Balaban J connectivity index is 2.00. The summed E-state index contributed by atoms with van der Waals surface area (Å²) in [4.78, 5) is 2.46. The van der Waals surface area contributed by atoms with Crippen LogP contribution in [0.25, 0.3) is 0 Å². The van der Waals surface area contributed by atoms with Gasteiger partial charge in [0.05, 0.1) is 6.10 Å². The molecule has 2 nitrogen and oxygen atoms in total. The largest absolute Gasteiger partial charge is 0.393 e. The lowest BCUT2D eigenvalue weighted by molar-refractivity contribution is -0.00526. The highest BCUT2D eigenvalue weighted by atomic mass is 16.3. The van der Waals surface area contributed by atoms with Crippen LogP contribution in [-0.4, -0.2) is 28.7 Å². The SMILES string of the molecule is CC1C(O)CCN(Cc2ccccc2)C1C. The smallest absolute Gasteiger partial charge is 0.0592 e. The third kappa shape index (κ3) is 2.45. The van der Waals surface area contributed by atoms with Crippen LogP contribution in [0.3, 0.4) is 0 Å². The van der Waals surface area contributed by atoms with Crippen LogP contribution in [0, 0.1) is 5.92 Å². The van der Waals surface area contributed by atoms with Crippen molar-refractivity contribution in [3.05, 3.63) is 35.9 Å². The monoisotopic (exact) mass is 219 g/mol. The van der Waals surface area contributed by atoms with Gasteiger partial charge in [0.2, 0.25) is 0 Å². The van der Waals surface area contributed by atoms with Crippen molar-refractivity contribution in [2.45, 2.75) is 39.0 Å². The number of hydrogen-bond acceptors (Lipinski definition) is 2. The van der Waals surface area contributed by atoms with Crippen molar-refractivity contribution in [1.29, 1.82) is 0 Å². The standard InChI is InChI=1S/C14H21NO/c1-11-12(2)15(9-8-14(11)16)10-13-6-4-3-5-7-13/h3-7,11-12,14,16H,8-10H2,1-2H3. The normalized spacial score (nSPS) is 31.6. The molecule has 0 aliphatic carbocycles. The Hall–Kier alpha value is -0.860. The minimum atomic E-state index is -0.123. The average Bonchev–Trinajstić information content (AvgIpc) is 2.31. The summed E-state index contributed by atoms with van der Waals surface area (Å²) < 4.78 is 0. The molecule has 88 valence electrons. The van der Waals surface area contributed by atoms with E-state index in [1.54, 1.807) is 0 Å². The lowest BCUT2D eigenvalue weighted by atomic mass is 9.89. The molecule has 1 aromatic rings. The molecule has 0 amide bonds. The summed E-state index contributed by atoms with van der Waals surface area (Å²) >= 11 is 0. The fourth-order valence-electron chi connectivity index (χ4n) is 2.46. The fourth-order valence-corrected chi connectivity index (χ4v) is 2.46. The van der Waals surface area contributed by atoms with Crippen LogP contribution in [0.1, 0.15) is 25.8 Å². The molecule has 1 aliphatic heterocycles. The molecule has 1 fully saturated rings. The molecular weight excluding hydrogens is 198 g/mol. The van der Waals surface area contributed by atoms with Crippen LogP contribution in [0.5, 0.6) is 0 Å². The number of rotatable bonds is 2. The van der Waals surface area contributed by atoms with E-state index in [0.717, 1.165) is 19.5 Å². The van der Waals surface area contributed by atoms with E-state index in [1.807, 2.05) is 0 Å². The second-order valence-electron chi connectivity index (χ2n) is 4.91. The van der Waals surface area contributed by atoms with Crippen molar-refractivity contribution < 1.29 is 5.11 Å². The molecule has 1 aromatic carbocycles. The molecule has 3 unspecified atom stereocenters. The van der Waals surface area contributed by atoms with Crippen molar-refractivity contribution in [2.75, 3.05) is 6.54 Å². The van der Waals surface area contributed by atoms with E-state index < -0.39 is 0 Å². The van der Waals surface area contributed by atoms with E-state index in [4.69, 9.17) is 0 Å². The molecular formula is C14H21NO. The first kappa shape index (κ1) is 11.6. The summed E-state index contributed by atoms with van der Waals surface area (Å²) in [5.74, 6) is 0.373. The molecule has 1 N–H and O–H groups in total. The van der Waals surface area contributed by atoms with Crippen molar-refractivity contribution in [3.8, 4) is 0 Å². The topological polar surface area (TPSA) is 23.5 Å². The van der Waals surface area contributed by atoms with Crippen molar-refractivity contribution in [3.63, 3.8) is 0 Å². The molecule has 2 rings (SSSR count). The van der Waals surface area contributed by atoms with Gasteiger partial charge in [0.15, 0.2) is 0 Å². The van der Waals surface area contributed by atoms with Crippen LogP contribution < -0.4 is 0 Å². The van der Waals surface area contributed by atoms with Gasteiger partial charge in [-0.2, -0.15) is 0 Å². The van der Waals surface area contributed by atoms with Gasteiger partial charge in [-0.15, -0.1) is 0 Å². The average molecular weight is 219 g/mol. The molecule has 0 spiro atoms. The van der Waals surface area contributed by atoms with Crippen molar-refractivity contribution in [2.24, 2.45) is 5.92 Å². The zero-order valence-electron chi connectivity index (χ0n) is 10.1. The Labute approximate surface area is 97.9 Å². The highest BCUT2D eigenvalue weighted by molar-refractivity contribution is 5.14. The molecule has 1 aliphatic rings. The molecule has 1 heterocycles. The third-order valence-electron chi connectivity index (χ3n) is 3.88. The Morgan fingerprint density at radius 3 is 2.62 bits per heavy atom. The van der Waals surface area contributed by atoms with E-state index >= 15 is 0 Å². The van der Waals surface area contributed by atoms with Crippen molar-refractivity contribution in [1.82, 2.24) is 4.90 Å². The van der Waals surface area contributed by atoms with Gasteiger partial charge in [0.25, 0.3) is 0 Å². The first-order chi connectivity index (χ1) is 7.68. The first-order valence-electron chi connectivity index (χ1n) is 6.14. The zero-order valence-corrected chi connectivity index (χ0v) is 10.1. The molecule has 1 saturated heterocycles. The predicted molar refractivity (Wildman–Crippen MR) is 66.1 cm³/mol. The second kappa shape index (κ2) is 4.98. The van der Waals surface area contributed by atoms with Gasteiger partial charge >= 0.3 is 0 Å². The Kier molecular flexibility index (Phi) is 3.62. The number of aliphatic hydroxyl groups excluding tert-OH is 1.